The van der Waals surface area contributed by atoms with E-state index in [0.29, 0.717) is 22.4 Å². The second-order valence-electron chi connectivity index (χ2n) is 5.89. The average Bonchev–Trinajstić information content (AvgIpc) is 3.22. The molecule has 1 heterocycles. The molecule has 2 aromatic carbocycles. The van der Waals surface area contributed by atoms with Gasteiger partial charge in [0.1, 0.15) is 5.75 Å². The Bertz CT molecular complexity index is 1020. The Labute approximate surface area is 181 Å². The highest BCUT2D eigenvalue weighted by atomic mass is 79.9. The zero-order valence-corrected chi connectivity index (χ0v) is 18.0. The SMILES string of the molecule is COc1ccccc1N(CCC#N)C(=O)CSc1n[nH]c(-c2ccc(Br)cc2)n1. The number of benzene rings is 2. The van der Waals surface area contributed by atoms with Crippen molar-refractivity contribution in [2.45, 2.75) is 11.6 Å². The highest BCUT2D eigenvalue weighted by Crippen LogP contribution is 2.29. The molecule has 1 amide bonds. The first-order chi connectivity index (χ1) is 14.1. The summed E-state index contributed by atoms with van der Waals surface area (Å²) in [5.41, 5.74) is 1.55. The number of thioether (sulfide) groups is 1. The van der Waals surface area contributed by atoms with Crippen LogP contribution in [-0.4, -0.2) is 40.5 Å². The van der Waals surface area contributed by atoms with Crippen LogP contribution in [0.25, 0.3) is 11.4 Å². The number of para-hydroxylation sites is 2. The molecule has 0 spiro atoms. The Morgan fingerprint density at radius 2 is 2.03 bits per heavy atom. The molecule has 0 saturated heterocycles. The third kappa shape index (κ3) is 5.37. The van der Waals surface area contributed by atoms with E-state index in [-0.39, 0.29) is 24.6 Å². The molecule has 148 valence electrons. The maximum atomic E-state index is 12.9. The van der Waals surface area contributed by atoms with Gasteiger partial charge in [-0.05, 0) is 24.3 Å². The third-order valence-electron chi connectivity index (χ3n) is 4.03. The molecule has 1 N–H and O–H groups in total. The lowest BCUT2D eigenvalue weighted by Crippen LogP contribution is -2.33. The van der Waals surface area contributed by atoms with E-state index in [2.05, 4.69) is 37.2 Å². The molecule has 29 heavy (non-hydrogen) atoms. The summed E-state index contributed by atoms with van der Waals surface area (Å²) in [6.45, 7) is 0.286. The molecule has 7 nitrogen and oxygen atoms in total. The van der Waals surface area contributed by atoms with E-state index in [4.69, 9.17) is 10.00 Å². The summed E-state index contributed by atoms with van der Waals surface area (Å²) >= 11 is 4.64. The van der Waals surface area contributed by atoms with E-state index in [1.165, 1.54) is 11.8 Å². The fourth-order valence-corrected chi connectivity index (χ4v) is 3.58. The lowest BCUT2D eigenvalue weighted by atomic mass is 10.2. The Hall–Kier alpha value is -2.83. The molecule has 0 aliphatic heterocycles. The molecular formula is C20H18BrN5O2S. The Balaban J connectivity index is 1.70. The van der Waals surface area contributed by atoms with Gasteiger partial charge in [0.15, 0.2) is 5.82 Å². The van der Waals surface area contributed by atoms with Crippen molar-refractivity contribution in [2.24, 2.45) is 0 Å². The van der Waals surface area contributed by atoms with Gasteiger partial charge in [0.2, 0.25) is 11.1 Å². The molecule has 0 atom stereocenters. The molecule has 0 aliphatic carbocycles. The number of amides is 1. The maximum Gasteiger partial charge on any atom is 0.237 e. The van der Waals surface area contributed by atoms with Crippen LogP contribution in [0.3, 0.4) is 0 Å². The van der Waals surface area contributed by atoms with Crippen LogP contribution in [0.5, 0.6) is 5.75 Å². The number of halogens is 1. The van der Waals surface area contributed by atoms with Gasteiger partial charge in [-0.25, -0.2) is 4.98 Å². The Morgan fingerprint density at radius 3 is 2.76 bits per heavy atom. The molecule has 0 fully saturated rings. The van der Waals surface area contributed by atoms with Crippen LogP contribution in [0.4, 0.5) is 5.69 Å². The molecule has 9 heteroatoms. The molecule has 3 rings (SSSR count). The molecule has 1 aromatic heterocycles. The van der Waals surface area contributed by atoms with Crippen LogP contribution < -0.4 is 9.64 Å². The van der Waals surface area contributed by atoms with E-state index >= 15 is 0 Å². The number of hydrogen-bond acceptors (Lipinski definition) is 6. The maximum absolute atomic E-state index is 12.9. The lowest BCUT2D eigenvalue weighted by Gasteiger charge is -2.23. The average molecular weight is 472 g/mol. The first-order valence-corrected chi connectivity index (χ1v) is 10.5. The molecule has 3 aromatic rings. The van der Waals surface area contributed by atoms with Crippen molar-refractivity contribution in [3.63, 3.8) is 0 Å². The minimum Gasteiger partial charge on any atom is -0.495 e. The van der Waals surface area contributed by atoms with Crippen molar-refractivity contribution in [1.82, 2.24) is 15.2 Å². The fourth-order valence-electron chi connectivity index (χ4n) is 2.65. The number of aromatic nitrogens is 3. The second-order valence-corrected chi connectivity index (χ2v) is 7.75. The van der Waals surface area contributed by atoms with E-state index in [9.17, 15) is 4.79 Å². The van der Waals surface area contributed by atoms with Crippen molar-refractivity contribution >= 4 is 39.3 Å². The predicted molar refractivity (Wildman–Crippen MR) is 116 cm³/mol. The van der Waals surface area contributed by atoms with Crippen molar-refractivity contribution < 1.29 is 9.53 Å². The van der Waals surface area contributed by atoms with Gasteiger partial charge >= 0.3 is 0 Å². The summed E-state index contributed by atoms with van der Waals surface area (Å²) in [4.78, 5) is 18.9. The van der Waals surface area contributed by atoms with E-state index in [1.54, 1.807) is 24.1 Å². The van der Waals surface area contributed by atoms with Gasteiger partial charge in [0, 0.05) is 16.6 Å². The van der Waals surface area contributed by atoms with Crippen LogP contribution in [0.1, 0.15) is 6.42 Å². The number of anilines is 1. The highest BCUT2D eigenvalue weighted by molar-refractivity contribution is 9.10. The van der Waals surface area contributed by atoms with Crippen LogP contribution in [0, 0.1) is 11.3 Å². The number of nitriles is 1. The fraction of sp³-hybridized carbons (Fsp3) is 0.200. The zero-order valence-electron chi connectivity index (χ0n) is 15.6. The molecular weight excluding hydrogens is 454 g/mol. The molecule has 0 bridgehead atoms. The van der Waals surface area contributed by atoms with E-state index in [1.807, 2.05) is 36.4 Å². The summed E-state index contributed by atoms with van der Waals surface area (Å²) in [5.74, 6) is 1.21. The zero-order chi connectivity index (χ0) is 20.6. The normalized spacial score (nSPS) is 10.4. The summed E-state index contributed by atoms with van der Waals surface area (Å²) in [5, 5.41) is 16.5. The number of rotatable bonds is 8. The van der Waals surface area contributed by atoms with E-state index in [0.717, 1.165) is 10.0 Å². The Morgan fingerprint density at radius 1 is 1.28 bits per heavy atom. The molecule has 0 aliphatic rings. The van der Waals surface area contributed by atoms with Crippen molar-refractivity contribution in [1.29, 1.82) is 5.26 Å². The molecule has 0 unspecified atom stereocenters. The minimum atomic E-state index is -0.148. The number of nitrogens with zero attached hydrogens (tertiary/aromatic N) is 4. The predicted octanol–water partition coefficient (Wildman–Crippen LogP) is 4.28. The van der Waals surface area contributed by atoms with Crippen molar-refractivity contribution in [3.8, 4) is 23.2 Å². The van der Waals surface area contributed by atoms with Gasteiger partial charge < -0.3 is 9.64 Å². The number of carbonyl (C=O) groups is 1. The quantitative estimate of drug-likeness (QED) is 0.492. The minimum absolute atomic E-state index is 0.140. The summed E-state index contributed by atoms with van der Waals surface area (Å²) in [6.07, 6.45) is 0.225. The number of hydrogen-bond donors (Lipinski definition) is 1. The monoisotopic (exact) mass is 471 g/mol. The number of nitrogens with one attached hydrogen (secondary N) is 1. The number of ether oxygens (including phenoxy) is 1. The first kappa shape index (κ1) is 20.9. The summed E-state index contributed by atoms with van der Waals surface area (Å²) in [7, 11) is 1.55. The summed E-state index contributed by atoms with van der Waals surface area (Å²) < 4.78 is 6.34. The second kappa shape index (κ2) is 10.1. The number of methoxy groups -OCH3 is 1. The summed E-state index contributed by atoms with van der Waals surface area (Å²) in [6, 6.07) is 17.0. The van der Waals surface area contributed by atoms with Gasteiger partial charge in [-0.2, -0.15) is 5.26 Å². The van der Waals surface area contributed by atoms with E-state index < -0.39 is 0 Å². The number of aromatic amines is 1. The van der Waals surface area contributed by atoms with Gasteiger partial charge in [-0.3, -0.25) is 9.89 Å². The van der Waals surface area contributed by atoms with Crippen molar-refractivity contribution in [2.75, 3.05) is 24.3 Å². The van der Waals surface area contributed by atoms with Gasteiger partial charge in [0.25, 0.3) is 0 Å². The standard InChI is InChI=1S/C20H18BrN5O2S/c1-28-17-6-3-2-5-16(17)26(12-4-11-22)18(27)13-29-20-23-19(24-25-20)14-7-9-15(21)10-8-14/h2-3,5-10H,4,12-13H2,1H3,(H,23,24,25). The van der Waals surface area contributed by atoms with Crippen LogP contribution >= 0.6 is 27.7 Å². The van der Waals surface area contributed by atoms with Gasteiger partial charge in [0.05, 0.1) is 31.0 Å². The van der Waals surface area contributed by atoms with Gasteiger partial charge in [-0.15, -0.1) is 5.10 Å². The van der Waals surface area contributed by atoms with Crippen LogP contribution in [-0.2, 0) is 4.79 Å². The first-order valence-electron chi connectivity index (χ1n) is 8.74. The smallest absolute Gasteiger partial charge is 0.237 e. The molecule has 0 saturated carbocycles. The molecule has 0 radical (unpaired) electrons. The van der Waals surface area contributed by atoms with Crippen LogP contribution in [0.15, 0.2) is 58.2 Å². The van der Waals surface area contributed by atoms with Crippen LogP contribution in [0.2, 0.25) is 0 Å². The highest BCUT2D eigenvalue weighted by Gasteiger charge is 2.20. The Kier molecular flexibility index (Phi) is 7.27. The third-order valence-corrected chi connectivity index (χ3v) is 5.39. The number of carbonyl (C=O) groups excluding carboxylic acids is 1. The van der Waals surface area contributed by atoms with Gasteiger partial charge in [-0.1, -0.05) is 52.0 Å². The topological polar surface area (TPSA) is 94.9 Å². The van der Waals surface area contributed by atoms with Crippen molar-refractivity contribution in [3.05, 3.63) is 53.0 Å². The largest absolute Gasteiger partial charge is 0.495 e. The lowest BCUT2D eigenvalue weighted by molar-refractivity contribution is -0.116. The number of H-pyrrole nitrogens is 1.